The molecule has 1 heterocycles. The Morgan fingerprint density at radius 2 is 1.97 bits per heavy atom. The molecule has 2 aromatic carbocycles. The fourth-order valence-electron chi connectivity index (χ4n) is 4.48. The summed E-state index contributed by atoms with van der Waals surface area (Å²) in [5.74, 6) is 0.803. The van der Waals surface area contributed by atoms with E-state index in [0.717, 1.165) is 37.9 Å². The molecule has 3 aromatic rings. The number of allylic oxidation sites excluding steroid dienone is 3. The van der Waals surface area contributed by atoms with Gasteiger partial charge in [0.05, 0.1) is 7.11 Å². The lowest BCUT2D eigenvalue weighted by Gasteiger charge is -2.13. The standard InChI is InChI=1S/C32H40N2O2/c1-4-5-6-7-15-27(30-18-9-16-28-20-21-29(36-3)23-31(28)30)17-10-19-32(35)34-25(2)12-8-13-26-14-11-22-33-24-26/h9-11,14,16-25H,4-8,12-13,15H2,1-3H3,(H,34,35)/t25-/m1/s1. The maximum Gasteiger partial charge on any atom is 0.244 e. The van der Waals surface area contributed by atoms with Gasteiger partial charge >= 0.3 is 0 Å². The molecule has 0 fully saturated rings. The molecule has 0 aliphatic heterocycles. The van der Waals surface area contributed by atoms with E-state index in [9.17, 15) is 4.79 Å². The second-order valence-electron chi connectivity index (χ2n) is 9.42. The Kier molecular flexibility index (Phi) is 11.2. The number of fused-ring (bicyclic) bond motifs is 1. The van der Waals surface area contributed by atoms with Crippen molar-refractivity contribution in [3.63, 3.8) is 0 Å². The van der Waals surface area contributed by atoms with Crippen LogP contribution in [0, 0.1) is 0 Å². The number of aryl methyl sites for hydroxylation is 1. The van der Waals surface area contributed by atoms with Crippen molar-refractivity contribution in [3.05, 3.63) is 90.3 Å². The average molecular weight is 485 g/mol. The molecule has 36 heavy (non-hydrogen) atoms. The van der Waals surface area contributed by atoms with Gasteiger partial charge in [-0.1, -0.05) is 68.7 Å². The normalized spacial score (nSPS) is 12.7. The number of hydrogen-bond acceptors (Lipinski definition) is 3. The van der Waals surface area contributed by atoms with E-state index >= 15 is 0 Å². The molecule has 0 saturated heterocycles. The number of hydrogen-bond donors (Lipinski definition) is 1. The lowest BCUT2D eigenvalue weighted by atomic mass is 9.94. The summed E-state index contributed by atoms with van der Waals surface area (Å²) in [5, 5.41) is 5.47. The molecule has 4 heteroatoms. The van der Waals surface area contributed by atoms with Crippen molar-refractivity contribution in [3.8, 4) is 5.75 Å². The highest BCUT2D eigenvalue weighted by Gasteiger charge is 2.08. The Bertz CT molecular complexity index is 1150. The summed E-state index contributed by atoms with van der Waals surface area (Å²) in [5.41, 5.74) is 3.69. The lowest BCUT2D eigenvalue weighted by Crippen LogP contribution is -2.31. The Labute approximate surface area is 216 Å². The first-order valence-corrected chi connectivity index (χ1v) is 13.2. The number of aromatic nitrogens is 1. The quantitative estimate of drug-likeness (QED) is 0.145. The van der Waals surface area contributed by atoms with Crippen molar-refractivity contribution in [1.82, 2.24) is 10.3 Å². The molecule has 1 amide bonds. The lowest BCUT2D eigenvalue weighted by molar-refractivity contribution is -0.117. The topological polar surface area (TPSA) is 51.2 Å². The van der Waals surface area contributed by atoms with Gasteiger partial charge in [0.1, 0.15) is 5.75 Å². The fraction of sp³-hybridized carbons (Fsp3) is 0.375. The van der Waals surface area contributed by atoms with Gasteiger partial charge in [0.15, 0.2) is 0 Å². The summed E-state index contributed by atoms with van der Waals surface area (Å²) in [6.45, 7) is 4.29. The molecular weight excluding hydrogens is 444 g/mol. The highest BCUT2D eigenvalue weighted by molar-refractivity contribution is 5.95. The molecule has 1 atom stereocenters. The summed E-state index contributed by atoms with van der Waals surface area (Å²) < 4.78 is 5.48. The number of carbonyl (C=O) groups is 1. The van der Waals surface area contributed by atoms with Crippen LogP contribution in [0.4, 0.5) is 0 Å². The van der Waals surface area contributed by atoms with Gasteiger partial charge in [-0.15, -0.1) is 0 Å². The predicted octanol–water partition coefficient (Wildman–Crippen LogP) is 7.68. The van der Waals surface area contributed by atoms with Crippen LogP contribution in [0.3, 0.4) is 0 Å². The SMILES string of the molecule is CCCCCCC(=CC=CC(=O)N[C@H](C)CCCc1cccnc1)c1cccc2ccc(OC)cc12. The smallest absolute Gasteiger partial charge is 0.244 e. The summed E-state index contributed by atoms with van der Waals surface area (Å²) in [7, 11) is 1.70. The number of benzene rings is 2. The van der Waals surface area contributed by atoms with Crippen LogP contribution in [0.2, 0.25) is 0 Å². The molecule has 0 radical (unpaired) electrons. The number of amides is 1. The van der Waals surface area contributed by atoms with Crippen LogP contribution in [-0.2, 0) is 11.2 Å². The second kappa shape index (κ2) is 14.9. The van der Waals surface area contributed by atoms with Crippen LogP contribution < -0.4 is 10.1 Å². The monoisotopic (exact) mass is 484 g/mol. The molecule has 3 rings (SSSR count). The number of nitrogens with zero attached hydrogens (tertiary/aromatic N) is 1. The van der Waals surface area contributed by atoms with Crippen LogP contribution in [0.25, 0.3) is 16.3 Å². The van der Waals surface area contributed by atoms with Gasteiger partial charge in [0.2, 0.25) is 5.91 Å². The molecule has 0 spiro atoms. The number of methoxy groups -OCH3 is 1. The number of pyridine rings is 1. The van der Waals surface area contributed by atoms with E-state index in [1.54, 1.807) is 19.4 Å². The molecule has 190 valence electrons. The minimum atomic E-state index is -0.0509. The molecule has 0 bridgehead atoms. The number of carbonyl (C=O) groups excluding carboxylic acids is 1. The van der Waals surface area contributed by atoms with Gasteiger partial charge in [0, 0.05) is 24.5 Å². The number of ether oxygens (including phenoxy) is 1. The molecule has 0 aliphatic carbocycles. The predicted molar refractivity (Wildman–Crippen MR) is 151 cm³/mol. The van der Waals surface area contributed by atoms with Gasteiger partial charge in [-0.3, -0.25) is 9.78 Å². The Balaban J connectivity index is 1.66. The zero-order chi connectivity index (χ0) is 25.6. The van der Waals surface area contributed by atoms with Crippen molar-refractivity contribution in [2.45, 2.75) is 71.3 Å². The Hall–Kier alpha value is -3.40. The Morgan fingerprint density at radius 3 is 2.75 bits per heavy atom. The van der Waals surface area contributed by atoms with E-state index in [0.29, 0.717) is 0 Å². The van der Waals surface area contributed by atoms with E-state index in [1.165, 1.54) is 46.7 Å². The van der Waals surface area contributed by atoms with E-state index in [4.69, 9.17) is 4.74 Å². The summed E-state index contributed by atoms with van der Waals surface area (Å²) >= 11 is 0. The molecule has 1 aromatic heterocycles. The first-order valence-electron chi connectivity index (χ1n) is 13.2. The molecule has 4 nitrogen and oxygen atoms in total. The highest BCUT2D eigenvalue weighted by atomic mass is 16.5. The van der Waals surface area contributed by atoms with Crippen LogP contribution >= 0.6 is 0 Å². The van der Waals surface area contributed by atoms with E-state index in [2.05, 4.69) is 66.6 Å². The van der Waals surface area contributed by atoms with Crippen molar-refractivity contribution in [2.75, 3.05) is 7.11 Å². The van der Waals surface area contributed by atoms with Gasteiger partial charge in [-0.25, -0.2) is 0 Å². The van der Waals surface area contributed by atoms with E-state index < -0.39 is 0 Å². The van der Waals surface area contributed by atoms with Crippen LogP contribution in [-0.4, -0.2) is 24.0 Å². The van der Waals surface area contributed by atoms with Crippen molar-refractivity contribution in [1.29, 1.82) is 0 Å². The van der Waals surface area contributed by atoms with E-state index in [1.807, 2.05) is 24.4 Å². The zero-order valence-corrected chi connectivity index (χ0v) is 22.0. The minimum absolute atomic E-state index is 0.0509. The van der Waals surface area contributed by atoms with Gasteiger partial charge in [-0.2, -0.15) is 0 Å². The van der Waals surface area contributed by atoms with Crippen molar-refractivity contribution >= 4 is 22.3 Å². The van der Waals surface area contributed by atoms with Crippen molar-refractivity contribution in [2.24, 2.45) is 0 Å². The third-order valence-electron chi connectivity index (χ3n) is 6.49. The summed E-state index contributed by atoms with van der Waals surface area (Å²) in [6.07, 6.45) is 18.1. The number of nitrogens with one attached hydrogen (secondary N) is 1. The maximum atomic E-state index is 12.5. The fourth-order valence-corrected chi connectivity index (χ4v) is 4.48. The van der Waals surface area contributed by atoms with Crippen LogP contribution in [0.5, 0.6) is 5.75 Å². The molecule has 0 aliphatic rings. The molecular formula is C32H40N2O2. The minimum Gasteiger partial charge on any atom is -0.497 e. The maximum absolute atomic E-state index is 12.5. The Morgan fingerprint density at radius 1 is 1.08 bits per heavy atom. The first kappa shape index (κ1) is 27.2. The van der Waals surface area contributed by atoms with Crippen LogP contribution in [0.1, 0.15) is 69.9 Å². The van der Waals surface area contributed by atoms with E-state index in [-0.39, 0.29) is 11.9 Å². The zero-order valence-electron chi connectivity index (χ0n) is 22.0. The summed E-state index contributed by atoms with van der Waals surface area (Å²) in [6, 6.07) is 16.8. The largest absolute Gasteiger partial charge is 0.497 e. The van der Waals surface area contributed by atoms with Crippen molar-refractivity contribution < 1.29 is 9.53 Å². The third kappa shape index (κ3) is 8.67. The second-order valence-corrected chi connectivity index (χ2v) is 9.42. The molecule has 1 N–H and O–H groups in total. The van der Waals surface area contributed by atoms with Crippen LogP contribution in [0.15, 0.2) is 79.2 Å². The summed E-state index contributed by atoms with van der Waals surface area (Å²) in [4.78, 5) is 16.7. The van der Waals surface area contributed by atoms with Gasteiger partial charge < -0.3 is 10.1 Å². The molecule has 0 saturated carbocycles. The number of rotatable bonds is 14. The highest BCUT2D eigenvalue weighted by Crippen LogP contribution is 2.31. The average Bonchev–Trinajstić information content (AvgIpc) is 2.90. The number of unbranched alkanes of at least 4 members (excludes halogenated alkanes) is 3. The van der Waals surface area contributed by atoms with Gasteiger partial charge in [-0.05, 0) is 84.7 Å². The third-order valence-corrected chi connectivity index (χ3v) is 6.49. The van der Waals surface area contributed by atoms with Gasteiger partial charge in [0.25, 0.3) is 0 Å². The first-order chi connectivity index (χ1) is 17.6. The molecule has 0 unspecified atom stereocenters.